The number of ether oxygens (including phenoxy) is 1. The highest BCUT2D eigenvalue weighted by Crippen LogP contribution is 2.15. The lowest BCUT2D eigenvalue weighted by molar-refractivity contribution is 0.183. The molecule has 0 radical (unpaired) electrons. The first-order valence-corrected chi connectivity index (χ1v) is 10.1. The quantitative estimate of drug-likeness (QED) is 0.333. The predicted octanol–water partition coefficient (Wildman–Crippen LogP) is 3.67. The summed E-state index contributed by atoms with van der Waals surface area (Å²) >= 11 is 0. The number of likely N-dealkylation sites (tertiary alicyclic amines) is 1. The molecule has 2 unspecified atom stereocenters. The summed E-state index contributed by atoms with van der Waals surface area (Å²) < 4.78 is 5.98. The van der Waals surface area contributed by atoms with Gasteiger partial charge in [-0.15, -0.1) is 24.0 Å². The van der Waals surface area contributed by atoms with E-state index >= 15 is 0 Å². The molecule has 0 amide bonds. The second kappa shape index (κ2) is 13.2. The zero-order valence-electron chi connectivity index (χ0n) is 17.3. The van der Waals surface area contributed by atoms with Crippen LogP contribution in [0.2, 0.25) is 0 Å². The normalized spacial score (nSPS) is 19.1. The van der Waals surface area contributed by atoms with Crippen LogP contribution in [0.25, 0.3) is 0 Å². The molecule has 2 rings (SSSR count). The van der Waals surface area contributed by atoms with Gasteiger partial charge in [0.25, 0.3) is 0 Å². The number of aliphatic imine (C=N–C) groups is 1. The van der Waals surface area contributed by atoms with E-state index in [2.05, 4.69) is 55.4 Å². The summed E-state index contributed by atoms with van der Waals surface area (Å²) in [5, 5.41) is 6.87. The Kier molecular flexibility index (Phi) is 11.7. The van der Waals surface area contributed by atoms with Crippen LogP contribution in [0.5, 0.6) is 5.75 Å². The molecule has 6 heteroatoms. The van der Waals surface area contributed by atoms with Gasteiger partial charge in [-0.2, -0.15) is 0 Å². The molecule has 1 aliphatic heterocycles. The largest absolute Gasteiger partial charge is 0.489 e. The van der Waals surface area contributed by atoms with Gasteiger partial charge >= 0.3 is 0 Å². The number of aryl methyl sites for hydroxylation is 1. The number of piperidine rings is 1. The lowest BCUT2D eigenvalue weighted by Crippen LogP contribution is -2.44. The lowest BCUT2D eigenvalue weighted by Gasteiger charge is -2.32. The van der Waals surface area contributed by atoms with E-state index in [1.165, 1.54) is 31.5 Å². The minimum absolute atomic E-state index is 0. The molecule has 2 N–H and O–H groups in total. The number of nitrogens with one attached hydrogen (secondary N) is 2. The van der Waals surface area contributed by atoms with E-state index in [4.69, 9.17) is 9.73 Å². The van der Waals surface area contributed by atoms with E-state index in [1.54, 1.807) is 0 Å². The zero-order chi connectivity index (χ0) is 18.8. The van der Waals surface area contributed by atoms with Gasteiger partial charge in [0, 0.05) is 19.6 Å². The Morgan fingerprint density at radius 3 is 2.85 bits per heavy atom. The Labute approximate surface area is 182 Å². The molecule has 0 aromatic heterocycles. The molecular formula is C21H37IN4O. The number of benzene rings is 1. The molecule has 1 fully saturated rings. The second-order valence-corrected chi connectivity index (χ2v) is 7.25. The molecule has 1 saturated heterocycles. The van der Waals surface area contributed by atoms with Crippen LogP contribution in [0.4, 0.5) is 0 Å². The van der Waals surface area contributed by atoms with Crippen LogP contribution in [0.3, 0.4) is 0 Å². The van der Waals surface area contributed by atoms with Gasteiger partial charge < -0.3 is 20.3 Å². The molecule has 27 heavy (non-hydrogen) atoms. The first-order chi connectivity index (χ1) is 12.6. The number of nitrogens with zero attached hydrogens (tertiary/aromatic N) is 2. The summed E-state index contributed by atoms with van der Waals surface area (Å²) in [6.45, 7) is 14.6. The van der Waals surface area contributed by atoms with Crippen molar-refractivity contribution in [3.05, 3.63) is 29.8 Å². The average Bonchev–Trinajstić information content (AvgIpc) is 2.64. The molecule has 1 aromatic rings. The van der Waals surface area contributed by atoms with Crippen molar-refractivity contribution in [2.45, 2.75) is 46.6 Å². The van der Waals surface area contributed by atoms with E-state index in [-0.39, 0.29) is 30.1 Å². The number of halogens is 1. The topological polar surface area (TPSA) is 48.9 Å². The van der Waals surface area contributed by atoms with Gasteiger partial charge in [-0.3, -0.25) is 0 Å². The van der Waals surface area contributed by atoms with Gasteiger partial charge in [0.15, 0.2) is 5.96 Å². The fourth-order valence-corrected chi connectivity index (χ4v) is 3.37. The van der Waals surface area contributed by atoms with Crippen molar-refractivity contribution in [1.82, 2.24) is 15.5 Å². The molecule has 5 nitrogen and oxygen atoms in total. The Bertz CT molecular complexity index is 567. The summed E-state index contributed by atoms with van der Waals surface area (Å²) in [6.07, 6.45) is 2.64. The zero-order valence-corrected chi connectivity index (χ0v) is 19.7. The maximum Gasteiger partial charge on any atom is 0.191 e. The van der Waals surface area contributed by atoms with Crippen molar-refractivity contribution in [1.29, 1.82) is 0 Å². The van der Waals surface area contributed by atoms with Crippen LogP contribution in [0.1, 0.15) is 39.2 Å². The van der Waals surface area contributed by atoms with Gasteiger partial charge in [-0.05, 0) is 70.3 Å². The molecule has 1 aliphatic rings. The molecule has 1 heterocycles. The molecular weight excluding hydrogens is 451 g/mol. The Balaban J connectivity index is 0.00000364. The molecule has 0 aliphatic carbocycles. The van der Waals surface area contributed by atoms with Crippen molar-refractivity contribution < 1.29 is 4.74 Å². The van der Waals surface area contributed by atoms with E-state index in [0.29, 0.717) is 12.5 Å². The summed E-state index contributed by atoms with van der Waals surface area (Å²) in [5.41, 5.74) is 1.21. The van der Waals surface area contributed by atoms with Gasteiger partial charge in [0.05, 0.1) is 6.54 Å². The van der Waals surface area contributed by atoms with Crippen LogP contribution in [0, 0.1) is 12.8 Å². The van der Waals surface area contributed by atoms with E-state index in [0.717, 1.165) is 31.3 Å². The lowest BCUT2D eigenvalue weighted by atomic mass is 9.98. The molecule has 154 valence electrons. The average molecular weight is 488 g/mol. The first kappa shape index (κ1) is 24.0. The second-order valence-electron chi connectivity index (χ2n) is 7.25. The van der Waals surface area contributed by atoms with Crippen LogP contribution in [0.15, 0.2) is 29.3 Å². The van der Waals surface area contributed by atoms with Crippen molar-refractivity contribution in [3.63, 3.8) is 0 Å². The molecule has 0 saturated carbocycles. The van der Waals surface area contributed by atoms with Crippen molar-refractivity contribution in [2.24, 2.45) is 10.9 Å². The summed E-state index contributed by atoms with van der Waals surface area (Å²) in [5.74, 6) is 2.50. The summed E-state index contributed by atoms with van der Waals surface area (Å²) in [4.78, 5) is 7.25. The highest BCUT2D eigenvalue weighted by atomic mass is 127. The smallest absolute Gasteiger partial charge is 0.191 e. The minimum atomic E-state index is 0. The van der Waals surface area contributed by atoms with Gasteiger partial charge in [-0.1, -0.05) is 19.1 Å². The molecule has 0 bridgehead atoms. The first-order valence-electron chi connectivity index (χ1n) is 10.1. The van der Waals surface area contributed by atoms with Crippen LogP contribution in [-0.2, 0) is 0 Å². The van der Waals surface area contributed by atoms with Crippen LogP contribution >= 0.6 is 24.0 Å². The highest BCUT2D eigenvalue weighted by molar-refractivity contribution is 14.0. The third-order valence-electron chi connectivity index (χ3n) is 4.79. The van der Waals surface area contributed by atoms with Crippen molar-refractivity contribution in [3.8, 4) is 5.75 Å². The van der Waals surface area contributed by atoms with Gasteiger partial charge in [0.2, 0.25) is 0 Å². The maximum absolute atomic E-state index is 5.98. The molecule has 1 aromatic carbocycles. The Morgan fingerprint density at radius 1 is 1.33 bits per heavy atom. The third kappa shape index (κ3) is 9.14. The van der Waals surface area contributed by atoms with Crippen molar-refractivity contribution >= 4 is 29.9 Å². The minimum Gasteiger partial charge on any atom is -0.489 e. The van der Waals surface area contributed by atoms with E-state index < -0.39 is 0 Å². The van der Waals surface area contributed by atoms with E-state index in [9.17, 15) is 0 Å². The Morgan fingerprint density at radius 2 is 2.15 bits per heavy atom. The number of rotatable bonds is 8. The summed E-state index contributed by atoms with van der Waals surface area (Å²) in [6, 6.07) is 8.16. The monoisotopic (exact) mass is 488 g/mol. The van der Waals surface area contributed by atoms with Gasteiger partial charge in [0.1, 0.15) is 11.9 Å². The standard InChI is InChI=1S/C21H36N4O.HI/c1-5-22-21(24-15-19-10-8-12-25(6-2)16-19)23-14-18(4)26-20-11-7-9-17(3)13-20;/h7,9,11,13,18-19H,5-6,8,10,12,14-16H2,1-4H3,(H2,22,23,24);1H. The van der Waals surface area contributed by atoms with Gasteiger partial charge in [-0.25, -0.2) is 4.99 Å². The summed E-state index contributed by atoms with van der Waals surface area (Å²) in [7, 11) is 0. The number of guanidine groups is 1. The SMILES string of the molecule is CCNC(=NCC(C)Oc1cccc(C)c1)NCC1CCCN(CC)C1.I. The van der Waals surface area contributed by atoms with E-state index in [1.807, 2.05) is 12.1 Å². The predicted molar refractivity (Wildman–Crippen MR) is 126 cm³/mol. The fourth-order valence-electron chi connectivity index (χ4n) is 3.37. The number of hydrogen-bond acceptors (Lipinski definition) is 3. The maximum atomic E-state index is 5.98. The fraction of sp³-hybridized carbons (Fsp3) is 0.667. The highest BCUT2D eigenvalue weighted by Gasteiger charge is 2.18. The molecule has 0 spiro atoms. The van der Waals surface area contributed by atoms with Crippen molar-refractivity contribution in [2.75, 3.05) is 39.3 Å². The third-order valence-corrected chi connectivity index (χ3v) is 4.79. The van der Waals surface area contributed by atoms with Crippen LogP contribution < -0.4 is 15.4 Å². The Hall–Kier alpha value is -1.02. The molecule has 2 atom stereocenters. The van der Waals surface area contributed by atoms with Crippen LogP contribution in [-0.4, -0.2) is 56.2 Å². The number of hydrogen-bond donors (Lipinski definition) is 2.